The van der Waals surface area contributed by atoms with Crippen LogP contribution in [0.25, 0.3) is 0 Å². The second-order valence-electron chi connectivity index (χ2n) is 5.12. The quantitative estimate of drug-likeness (QED) is 0.596. The van der Waals surface area contributed by atoms with Crippen LogP contribution >= 0.6 is 15.9 Å². The molecule has 1 aromatic rings. The van der Waals surface area contributed by atoms with Gasteiger partial charge in [0.1, 0.15) is 0 Å². The Hall–Kier alpha value is -0.540. The van der Waals surface area contributed by atoms with Gasteiger partial charge in [-0.3, -0.25) is 4.90 Å². The monoisotopic (exact) mass is 312 g/mol. The number of anilines is 1. The second-order valence-corrected chi connectivity index (χ2v) is 5.98. The Balaban J connectivity index is 2.67. The third kappa shape index (κ3) is 4.99. The maximum absolute atomic E-state index is 5.86. The maximum Gasteiger partial charge on any atom is 0.0318 e. The van der Waals surface area contributed by atoms with Crippen molar-refractivity contribution in [2.45, 2.75) is 52.6 Å². The van der Waals surface area contributed by atoms with E-state index in [4.69, 9.17) is 5.73 Å². The lowest BCUT2D eigenvalue weighted by Gasteiger charge is -2.27. The summed E-state index contributed by atoms with van der Waals surface area (Å²) in [5.74, 6) is 0. The van der Waals surface area contributed by atoms with Crippen LogP contribution in [0.4, 0.5) is 5.69 Å². The molecule has 3 heteroatoms. The van der Waals surface area contributed by atoms with Crippen molar-refractivity contribution < 1.29 is 0 Å². The van der Waals surface area contributed by atoms with Crippen molar-refractivity contribution in [2.24, 2.45) is 0 Å². The molecule has 0 aliphatic rings. The van der Waals surface area contributed by atoms with Gasteiger partial charge in [0.15, 0.2) is 0 Å². The zero-order valence-electron chi connectivity index (χ0n) is 11.7. The smallest absolute Gasteiger partial charge is 0.0318 e. The standard InChI is InChI=1S/C15H25BrN2/c1-4-5-6-9-18(12(2)3)11-13-10-14(17)7-8-15(13)16/h7-8,10,12H,4-6,9,11,17H2,1-3H3. The highest BCUT2D eigenvalue weighted by Gasteiger charge is 2.11. The van der Waals surface area contributed by atoms with Crippen LogP contribution < -0.4 is 5.73 Å². The number of halogens is 1. The summed E-state index contributed by atoms with van der Waals surface area (Å²) in [4.78, 5) is 2.51. The summed E-state index contributed by atoms with van der Waals surface area (Å²) in [5, 5.41) is 0. The highest BCUT2D eigenvalue weighted by atomic mass is 79.9. The molecule has 0 aliphatic heterocycles. The Bertz CT molecular complexity index is 364. The van der Waals surface area contributed by atoms with Gasteiger partial charge in [0.2, 0.25) is 0 Å². The molecule has 0 fully saturated rings. The van der Waals surface area contributed by atoms with Crippen LogP contribution in [0.15, 0.2) is 22.7 Å². The first kappa shape index (κ1) is 15.5. The lowest BCUT2D eigenvalue weighted by Crippen LogP contribution is -2.31. The summed E-state index contributed by atoms with van der Waals surface area (Å²) in [5.41, 5.74) is 7.98. The van der Waals surface area contributed by atoms with Crippen LogP contribution in [0.2, 0.25) is 0 Å². The Kier molecular flexibility index (Phi) is 6.72. The lowest BCUT2D eigenvalue weighted by molar-refractivity contribution is 0.208. The van der Waals surface area contributed by atoms with Crippen molar-refractivity contribution in [1.29, 1.82) is 0 Å². The zero-order valence-corrected chi connectivity index (χ0v) is 13.3. The molecule has 0 spiro atoms. The molecule has 2 nitrogen and oxygen atoms in total. The van der Waals surface area contributed by atoms with E-state index in [1.165, 1.54) is 24.8 Å². The average molecular weight is 313 g/mol. The molecule has 0 amide bonds. The van der Waals surface area contributed by atoms with E-state index in [9.17, 15) is 0 Å². The molecule has 0 saturated heterocycles. The fourth-order valence-electron chi connectivity index (χ4n) is 2.02. The van der Waals surface area contributed by atoms with Gasteiger partial charge < -0.3 is 5.73 Å². The van der Waals surface area contributed by atoms with Gasteiger partial charge in [-0.1, -0.05) is 35.7 Å². The van der Waals surface area contributed by atoms with Gasteiger partial charge >= 0.3 is 0 Å². The second kappa shape index (κ2) is 7.80. The molecule has 0 heterocycles. The van der Waals surface area contributed by atoms with Crippen LogP contribution in [-0.4, -0.2) is 17.5 Å². The Morgan fingerprint density at radius 2 is 2.00 bits per heavy atom. The first-order valence-corrected chi connectivity index (χ1v) is 7.61. The number of nitrogens with zero attached hydrogens (tertiary/aromatic N) is 1. The number of hydrogen-bond acceptors (Lipinski definition) is 2. The van der Waals surface area contributed by atoms with Gasteiger partial charge in [-0.05, 0) is 50.6 Å². The fourth-order valence-corrected chi connectivity index (χ4v) is 2.39. The summed E-state index contributed by atoms with van der Waals surface area (Å²) >= 11 is 3.61. The van der Waals surface area contributed by atoms with Crippen LogP contribution in [0.5, 0.6) is 0 Å². The molecule has 0 bridgehead atoms. The third-order valence-corrected chi connectivity index (χ3v) is 4.00. The molecule has 0 unspecified atom stereocenters. The molecule has 0 aliphatic carbocycles. The minimum Gasteiger partial charge on any atom is -0.399 e. The normalized spacial score (nSPS) is 11.4. The van der Waals surface area contributed by atoms with Crippen LogP contribution in [0.1, 0.15) is 45.6 Å². The SMILES string of the molecule is CCCCCN(Cc1cc(N)ccc1Br)C(C)C. The first-order valence-electron chi connectivity index (χ1n) is 6.82. The Morgan fingerprint density at radius 3 is 2.61 bits per heavy atom. The van der Waals surface area contributed by atoms with Gasteiger partial charge in [0.25, 0.3) is 0 Å². The summed E-state index contributed by atoms with van der Waals surface area (Å²) < 4.78 is 1.15. The van der Waals surface area contributed by atoms with Crippen LogP contribution in [-0.2, 0) is 6.54 Å². The molecule has 0 radical (unpaired) electrons. The van der Waals surface area contributed by atoms with Crippen LogP contribution in [0, 0.1) is 0 Å². The van der Waals surface area contributed by atoms with E-state index in [2.05, 4.69) is 47.7 Å². The van der Waals surface area contributed by atoms with Crippen LogP contribution in [0.3, 0.4) is 0 Å². The molecule has 0 atom stereocenters. The van der Waals surface area contributed by atoms with E-state index < -0.39 is 0 Å². The minimum absolute atomic E-state index is 0.565. The lowest BCUT2D eigenvalue weighted by atomic mass is 10.1. The molecule has 102 valence electrons. The van der Waals surface area contributed by atoms with Gasteiger partial charge in [0, 0.05) is 22.7 Å². The van der Waals surface area contributed by atoms with Gasteiger partial charge in [-0.15, -0.1) is 0 Å². The fraction of sp³-hybridized carbons (Fsp3) is 0.600. The predicted octanol–water partition coefficient (Wildman–Crippen LogP) is 4.43. The van der Waals surface area contributed by atoms with Gasteiger partial charge in [-0.25, -0.2) is 0 Å². The number of benzene rings is 1. The highest BCUT2D eigenvalue weighted by Crippen LogP contribution is 2.22. The van der Waals surface area contributed by atoms with E-state index in [1.807, 2.05) is 12.1 Å². The van der Waals surface area contributed by atoms with Crippen molar-refractivity contribution >= 4 is 21.6 Å². The molecular formula is C15H25BrN2. The average Bonchev–Trinajstić information content (AvgIpc) is 2.32. The number of rotatable bonds is 7. The summed E-state index contributed by atoms with van der Waals surface area (Å²) in [7, 11) is 0. The van der Waals surface area contributed by atoms with E-state index in [0.29, 0.717) is 6.04 Å². The molecule has 18 heavy (non-hydrogen) atoms. The van der Waals surface area contributed by atoms with E-state index >= 15 is 0 Å². The molecular weight excluding hydrogens is 288 g/mol. The third-order valence-electron chi connectivity index (χ3n) is 3.22. The topological polar surface area (TPSA) is 29.3 Å². The number of nitrogen functional groups attached to an aromatic ring is 1. The van der Waals surface area contributed by atoms with E-state index in [1.54, 1.807) is 0 Å². The molecule has 0 saturated carbocycles. The maximum atomic E-state index is 5.86. The number of unbranched alkanes of at least 4 members (excludes halogenated alkanes) is 2. The molecule has 2 N–H and O–H groups in total. The van der Waals surface area contributed by atoms with Gasteiger partial charge in [0.05, 0.1) is 0 Å². The first-order chi connectivity index (χ1) is 8.54. The number of hydrogen-bond donors (Lipinski definition) is 1. The molecule has 0 aromatic heterocycles. The molecule has 1 aromatic carbocycles. The highest BCUT2D eigenvalue weighted by molar-refractivity contribution is 9.10. The summed E-state index contributed by atoms with van der Waals surface area (Å²) in [6.07, 6.45) is 3.85. The Morgan fingerprint density at radius 1 is 1.28 bits per heavy atom. The number of nitrogens with two attached hydrogens (primary N) is 1. The zero-order chi connectivity index (χ0) is 13.5. The van der Waals surface area contributed by atoms with Crippen molar-refractivity contribution in [3.05, 3.63) is 28.2 Å². The largest absolute Gasteiger partial charge is 0.399 e. The van der Waals surface area contributed by atoms with E-state index in [0.717, 1.165) is 23.2 Å². The summed E-state index contributed by atoms with van der Waals surface area (Å²) in [6, 6.07) is 6.61. The van der Waals surface area contributed by atoms with Crippen molar-refractivity contribution in [3.63, 3.8) is 0 Å². The van der Waals surface area contributed by atoms with Crippen molar-refractivity contribution in [3.8, 4) is 0 Å². The van der Waals surface area contributed by atoms with E-state index in [-0.39, 0.29) is 0 Å². The van der Waals surface area contributed by atoms with Crippen molar-refractivity contribution in [1.82, 2.24) is 4.90 Å². The molecule has 1 rings (SSSR count). The van der Waals surface area contributed by atoms with Crippen molar-refractivity contribution in [2.75, 3.05) is 12.3 Å². The minimum atomic E-state index is 0.565. The predicted molar refractivity (Wildman–Crippen MR) is 83.6 cm³/mol. The summed E-state index contributed by atoms with van der Waals surface area (Å²) in [6.45, 7) is 8.88. The Labute approximate surface area is 120 Å². The van der Waals surface area contributed by atoms with Gasteiger partial charge in [-0.2, -0.15) is 0 Å².